The summed E-state index contributed by atoms with van der Waals surface area (Å²) in [6.45, 7) is 1.95. The van der Waals surface area contributed by atoms with Crippen LogP contribution in [0.4, 0.5) is 5.00 Å². The topological polar surface area (TPSA) is 122 Å². The third-order valence-electron chi connectivity index (χ3n) is 6.59. The number of aliphatic hydroxyl groups is 1. The summed E-state index contributed by atoms with van der Waals surface area (Å²) >= 11 is 3.02. The van der Waals surface area contributed by atoms with E-state index in [4.69, 9.17) is 5.73 Å². The van der Waals surface area contributed by atoms with Crippen molar-refractivity contribution in [1.82, 2.24) is 19.7 Å². The number of nitrogens with two attached hydrogens (primary N) is 1. The van der Waals surface area contributed by atoms with Gasteiger partial charge in [-0.25, -0.2) is 0 Å². The van der Waals surface area contributed by atoms with Gasteiger partial charge < -0.3 is 21.1 Å². The molecule has 4 aromatic rings. The first-order valence-electron chi connectivity index (χ1n) is 11.6. The van der Waals surface area contributed by atoms with Gasteiger partial charge in [-0.05, 0) is 50.7 Å². The zero-order chi connectivity index (χ0) is 23.4. The van der Waals surface area contributed by atoms with Gasteiger partial charge in [-0.2, -0.15) is 0 Å². The number of primary amides is 1. The second-order valence-electron chi connectivity index (χ2n) is 8.99. The molecule has 6 rings (SSSR count). The minimum Gasteiger partial charge on any atom is -0.373 e. The van der Waals surface area contributed by atoms with Crippen LogP contribution >= 0.6 is 23.1 Å². The van der Waals surface area contributed by atoms with Crippen molar-refractivity contribution in [2.24, 2.45) is 5.73 Å². The molecule has 1 aromatic carbocycles. The Kier molecular flexibility index (Phi) is 5.39. The number of H-pyrrole nitrogens is 1. The summed E-state index contributed by atoms with van der Waals surface area (Å²) in [6.07, 6.45) is 6.19. The number of hydrogen-bond acceptors (Lipinski definition) is 7. The van der Waals surface area contributed by atoms with E-state index in [0.717, 1.165) is 65.1 Å². The standard InChI is InChI=1S/C24H26N6O2S2/c1-12(22(32)27-23-19(20(25)31)15-6-4-8-18(15)34-23)33-24-29-28-21(30(24)13-9-10-13)16-11-26-17-7-3-2-5-14(16)17/h2-3,5,7,11-13,22,26-27,32H,4,6,8-10H2,1H3,(H2,25,31). The summed E-state index contributed by atoms with van der Waals surface area (Å²) in [5.41, 5.74) is 9.36. The average molecular weight is 495 g/mol. The van der Waals surface area contributed by atoms with Crippen molar-refractivity contribution in [3.8, 4) is 11.4 Å². The number of thiophene rings is 1. The SMILES string of the molecule is CC(Sc1nnc(-c2c[nH]c3ccccc23)n1C1CC1)C(O)Nc1sc2c(c1C(N)=O)CCC2. The molecular weight excluding hydrogens is 468 g/mol. The maximum Gasteiger partial charge on any atom is 0.251 e. The number of aliphatic hydroxyl groups excluding tert-OH is 1. The molecule has 1 fully saturated rings. The van der Waals surface area contributed by atoms with Gasteiger partial charge >= 0.3 is 0 Å². The zero-order valence-electron chi connectivity index (χ0n) is 18.7. The summed E-state index contributed by atoms with van der Waals surface area (Å²) in [4.78, 5) is 16.6. The van der Waals surface area contributed by atoms with E-state index in [1.54, 1.807) is 0 Å². The van der Waals surface area contributed by atoms with Crippen molar-refractivity contribution >= 4 is 44.9 Å². The first-order chi connectivity index (χ1) is 16.5. The van der Waals surface area contributed by atoms with Crippen LogP contribution in [-0.2, 0) is 12.8 Å². The molecule has 2 aliphatic carbocycles. The van der Waals surface area contributed by atoms with Crippen molar-refractivity contribution < 1.29 is 9.90 Å². The van der Waals surface area contributed by atoms with Gasteiger partial charge in [-0.15, -0.1) is 21.5 Å². The number of amides is 1. The maximum atomic E-state index is 12.1. The zero-order valence-corrected chi connectivity index (χ0v) is 20.4. The minimum absolute atomic E-state index is 0.227. The van der Waals surface area contributed by atoms with E-state index in [1.165, 1.54) is 28.0 Å². The van der Waals surface area contributed by atoms with Crippen LogP contribution in [0.1, 0.15) is 53.0 Å². The van der Waals surface area contributed by atoms with E-state index < -0.39 is 12.1 Å². The molecule has 176 valence electrons. The van der Waals surface area contributed by atoms with Crippen LogP contribution in [0, 0.1) is 0 Å². The third kappa shape index (κ3) is 3.70. The Morgan fingerprint density at radius 3 is 2.94 bits per heavy atom. The van der Waals surface area contributed by atoms with Crippen LogP contribution in [0.5, 0.6) is 0 Å². The van der Waals surface area contributed by atoms with Gasteiger partial charge in [-0.1, -0.05) is 30.0 Å². The Bertz CT molecular complexity index is 1390. The fourth-order valence-corrected chi connectivity index (χ4v) is 7.00. The molecule has 0 bridgehead atoms. The molecule has 8 nitrogen and oxygen atoms in total. The van der Waals surface area contributed by atoms with Crippen LogP contribution in [0.2, 0.25) is 0 Å². The monoisotopic (exact) mass is 494 g/mol. The van der Waals surface area contributed by atoms with Crippen LogP contribution in [0.15, 0.2) is 35.6 Å². The number of nitrogens with zero attached hydrogens (tertiary/aromatic N) is 3. The molecule has 10 heteroatoms. The lowest BCUT2D eigenvalue weighted by Gasteiger charge is -2.20. The molecule has 0 aliphatic heterocycles. The molecule has 1 saturated carbocycles. The Morgan fingerprint density at radius 2 is 2.15 bits per heavy atom. The number of para-hydroxylation sites is 1. The second-order valence-corrected chi connectivity index (χ2v) is 11.4. The molecule has 0 radical (unpaired) electrons. The number of aryl methyl sites for hydroxylation is 1. The quantitative estimate of drug-likeness (QED) is 0.214. The number of carbonyl (C=O) groups excluding carboxylic acids is 1. The van der Waals surface area contributed by atoms with E-state index in [-0.39, 0.29) is 5.25 Å². The highest BCUT2D eigenvalue weighted by Gasteiger charge is 2.33. The minimum atomic E-state index is -0.872. The van der Waals surface area contributed by atoms with Gasteiger partial charge in [0.15, 0.2) is 11.0 Å². The summed E-state index contributed by atoms with van der Waals surface area (Å²) in [5.74, 6) is 0.411. The van der Waals surface area contributed by atoms with Crippen molar-refractivity contribution in [3.63, 3.8) is 0 Å². The molecule has 3 aromatic heterocycles. The van der Waals surface area contributed by atoms with Crippen LogP contribution in [-0.4, -0.2) is 42.2 Å². The smallest absolute Gasteiger partial charge is 0.251 e. The first kappa shape index (κ1) is 21.7. The summed E-state index contributed by atoms with van der Waals surface area (Å²) in [7, 11) is 0. The molecule has 5 N–H and O–H groups in total. The number of carbonyl (C=O) groups is 1. The Labute approximate surface area is 205 Å². The molecule has 0 spiro atoms. The number of thioether (sulfide) groups is 1. The number of fused-ring (bicyclic) bond motifs is 2. The number of anilines is 1. The molecule has 1 amide bonds. The van der Waals surface area contributed by atoms with Gasteiger partial charge in [0.25, 0.3) is 5.91 Å². The van der Waals surface area contributed by atoms with Crippen LogP contribution in [0.25, 0.3) is 22.3 Å². The van der Waals surface area contributed by atoms with Gasteiger partial charge in [0, 0.05) is 33.6 Å². The molecule has 2 unspecified atom stereocenters. The number of aromatic amines is 1. The van der Waals surface area contributed by atoms with E-state index in [0.29, 0.717) is 16.6 Å². The van der Waals surface area contributed by atoms with Crippen molar-refractivity contribution in [2.75, 3.05) is 5.32 Å². The number of hydrogen-bond donors (Lipinski definition) is 4. The van der Waals surface area contributed by atoms with Gasteiger partial charge in [0.2, 0.25) is 0 Å². The first-order valence-corrected chi connectivity index (χ1v) is 13.3. The average Bonchev–Trinajstić information content (AvgIpc) is 3.15. The van der Waals surface area contributed by atoms with E-state index in [9.17, 15) is 9.90 Å². The van der Waals surface area contributed by atoms with Gasteiger partial charge in [0.1, 0.15) is 11.2 Å². The molecule has 0 saturated heterocycles. The number of benzene rings is 1. The molecule has 2 aliphatic rings. The predicted molar refractivity (Wildman–Crippen MR) is 135 cm³/mol. The van der Waals surface area contributed by atoms with Crippen molar-refractivity contribution in [2.45, 2.75) is 61.7 Å². The predicted octanol–water partition coefficient (Wildman–Crippen LogP) is 4.32. The number of aromatic nitrogens is 4. The lowest BCUT2D eigenvalue weighted by atomic mass is 10.1. The molecule has 34 heavy (non-hydrogen) atoms. The Morgan fingerprint density at radius 1 is 1.32 bits per heavy atom. The summed E-state index contributed by atoms with van der Waals surface area (Å²) in [5, 5.41) is 25.5. The molecular formula is C24H26N6O2S2. The van der Waals surface area contributed by atoms with Gasteiger partial charge in [-0.3, -0.25) is 9.36 Å². The van der Waals surface area contributed by atoms with Crippen LogP contribution in [0.3, 0.4) is 0 Å². The van der Waals surface area contributed by atoms with Crippen molar-refractivity contribution in [3.05, 3.63) is 46.5 Å². The second kappa shape index (κ2) is 8.44. The van der Waals surface area contributed by atoms with Crippen LogP contribution < -0.4 is 11.1 Å². The lowest BCUT2D eigenvalue weighted by molar-refractivity contribution is 0.100. The summed E-state index contributed by atoms with van der Waals surface area (Å²) < 4.78 is 2.21. The highest BCUT2D eigenvalue weighted by Crippen LogP contribution is 2.44. The van der Waals surface area contributed by atoms with Crippen molar-refractivity contribution in [1.29, 1.82) is 0 Å². The van der Waals surface area contributed by atoms with E-state index >= 15 is 0 Å². The Balaban J connectivity index is 1.25. The van der Waals surface area contributed by atoms with E-state index in [2.05, 4.69) is 37.2 Å². The van der Waals surface area contributed by atoms with E-state index in [1.807, 2.05) is 25.3 Å². The molecule has 2 atom stereocenters. The highest BCUT2D eigenvalue weighted by molar-refractivity contribution is 7.99. The summed E-state index contributed by atoms with van der Waals surface area (Å²) in [6, 6.07) is 8.55. The lowest BCUT2D eigenvalue weighted by Crippen LogP contribution is -2.30. The van der Waals surface area contributed by atoms with Gasteiger partial charge in [0.05, 0.1) is 10.8 Å². The highest BCUT2D eigenvalue weighted by atomic mass is 32.2. The molecule has 3 heterocycles. The fourth-order valence-electron chi connectivity index (χ4n) is 4.71. The maximum absolute atomic E-state index is 12.1. The number of rotatable bonds is 8. The normalized spacial score (nSPS) is 17.1. The number of nitrogens with one attached hydrogen (secondary N) is 2. The Hall–Kier alpha value is -2.82. The fraction of sp³-hybridized carbons (Fsp3) is 0.375. The largest absolute Gasteiger partial charge is 0.373 e. The third-order valence-corrected chi connectivity index (χ3v) is 8.93.